The number of likely N-dealkylation sites (tertiary alicyclic amines) is 1. The predicted molar refractivity (Wildman–Crippen MR) is 101 cm³/mol. The van der Waals surface area contributed by atoms with Crippen molar-refractivity contribution in [3.8, 4) is 0 Å². The first kappa shape index (κ1) is 18.2. The van der Waals surface area contributed by atoms with Crippen molar-refractivity contribution in [1.82, 2.24) is 29.3 Å². The highest BCUT2D eigenvalue weighted by Gasteiger charge is 2.17. The van der Waals surface area contributed by atoms with E-state index in [1.807, 2.05) is 6.07 Å². The summed E-state index contributed by atoms with van der Waals surface area (Å²) in [5.41, 5.74) is -0.440. The van der Waals surface area contributed by atoms with Crippen LogP contribution in [0.4, 0.5) is 0 Å². The Hall–Kier alpha value is -3.14. The van der Waals surface area contributed by atoms with E-state index in [0.29, 0.717) is 12.4 Å². The van der Waals surface area contributed by atoms with Crippen LogP contribution in [0.5, 0.6) is 0 Å². The minimum Gasteiger partial charge on any atom is -0.455 e. The highest BCUT2D eigenvalue weighted by atomic mass is 16.4. The molecule has 1 fully saturated rings. The van der Waals surface area contributed by atoms with Gasteiger partial charge >= 0.3 is 5.69 Å². The molecule has 148 valence electrons. The van der Waals surface area contributed by atoms with E-state index in [4.69, 9.17) is 4.42 Å². The number of imidazole rings is 1. The number of nitrogens with one attached hydrogen (secondary N) is 2. The van der Waals surface area contributed by atoms with Crippen LogP contribution in [0, 0.1) is 0 Å². The Morgan fingerprint density at radius 1 is 1.21 bits per heavy atom. The number of hydrogen-bond acceptors (Lipinski definition) is 6. The molecule has 10 nitrogen and oxygen atoms in total. The van der Waals surface area contributed by atoms with Crippen LogP contribution in [0.1, 0.15) is 35.0 Å². The van der Waals surface area contributed by atoms with Gasteiger partial charge in [0.1, 0.15) is 17.1 Å². The smallest absolute Gasteiger partial charge is 0.332 e. The van der Waals surface area contributed by atoms with Crippen molar-refractivity contribution >= 4 is 17.1 Å². The Balaban J connectivity index is 1.46. The second kappa shape index (κ2) is 7.12. The number of aromatic amines is 1. The van der Waals surface area contributed by atoms with Gasteiger partial charge in [-0.2, -0.15) is 0 Å². The highest BCUT2D eigenvalue weighted by molar-refractivity contribution is 5.91. The molecular formula is C18H22N6O4. The van der Waals surface area contributed by atoms with Gasteiger partial charge in [-0.25, -0.2) is 9.78 Å². The van der Waals surface area contributed by atoms with Crippen LogP contribution < -0.4 is 16.6 Å². The minimum atomic E-state index is -0.458. The molecule has 0 unspecified atom stereocenters. The van der Waals surface area contributed by atoms with Crippen molar-refractivity contribution in [3.05, 3.63) is 50.3 Å². The van der Waals surface area contributed by atoms with E-state index in [-0.39, 0.29) is 29.4 Å². The van der Waals surface area contributed by atoms with E-state index >= 15 is 0 Å². The topological polar surface area (TPSA) is 118 Å². The van der Waals surface area contributed by atoms with Gasteiger partial charge in [-0.3, -0.25) is 23.6 Å². The molecule has 28 heavy (non-hydrogen) atoms. The molecule has 4 rings (SSSR count). The van der Waals surface area contributed by atoms with Gasteiger partial charge in [-0.15, -0.1) is 0 Å². The maximum Gasteiger partial charge on any atom is 0.332 e. The van der Waals surface area contributed by atoms with Crippen molar-refractivity contribution in [2.24, 2.45) is 14.1 Å². The number of nitrogens with zero attached hydrogens (tertiary/aromatic N) is 4. The third-order valence-corrected chi connectivity index (χ3v) is 5.02. The molecular weight excluding hydrogens is 364 g/mol. The number of furan rings is 1. The summed E-state index contributed by atoms with van der Waals surface area (Å²) in [7, 11) is 2.95. The van der Waals surface area contributed by atoms with Gasteiger partial charge in [-0.1, -0.05) is 0 Å². The number of aryl methyl sites for hydroxylation is 1. The number of carbonyl (C=O) groups excluding carboxylic acids is 1. The Morgan fingerprint density at radius 3 is 2.71 bits per heavy atom. The van der Waals surface area contributed by atoms with Gasteiger partial charge in [0, 0.05) is 14.1 Å². The standard InChI is InChI=1S/C18H22N6O4/c1-22-15-14(17(26)23(2)18(22)27)20-13(21-15)9-19-16(25)12-6-5-11(28-12)10-24-7-3-4-8-24/h5-6H,3-4,7-10H2,1-2H3,(H,19,25)(H,20,21). The molecule has 0 radical (unpaired) electrons. The molecule has 1 amide bonds. The fraction of sp³-hybridized carbons (Fsp3) is 0.444. The molecule has 0 bridgehead atoms. The van der Waals surface area contributed by atoms with Gasteiger partial charge in [-0.05, 0) is 38.1 Å². The Morgan fingerprint density at radius 2 is 1.96 bits per heavy atom. The van der Waals surface area contributed by atoms with Crippen molar-refractivity contribution in [2.75, 3.05) is 13.1 Å². The van der Waals surface area contributed by atoms with Crippen LogP contribution in [0.2, 0.25) is 0 Å². The molecule has 4 heterocycles. The summed E-state index contributed by atoms with van der Waals surface area (Å²) in [6.07, 6.45) is 2.39. The van der Waals surface area contributed by atoms with Gasteiger partial charge < -0.3 is 14.7 Å². The second-order valence-electron chi connectivity index (χ2n) is 7.02. The van der Waals surface area contributed by atoms with Crippen LogP contribution in [0.3, 0.4) is 0 Å². The molecule has 1 aliphatic heterocycles. The average molecular weight is 386 g/mol. The maximum absolute atomic E-state index is 12.3. The van der Waals surface area contributed by atoms with E-state index in [1.165, 1.54) is 31.5 Å². The Labute approximate surface area is 159 Å². The lowest BCUT2D eigenvalue weighted by atomic mass is 10.4. The van der Waals surface area contributed by atoms with Crippen LogP contribution >= 0.6 is 0 Å². The fourth-order valence-electron chi connectivity index (χ4n) is 3.45. The van der Waals surface area contributed by atoms with Crippen LogP contribution in [-0.4, -0.2) is 43.0 Å². The number of H-pyrrole nitrogens is 1. The molecule has 3 aromatic rings. The van der Waals surface area contributed by atoms with Gasteiger partial charge in [0.15, 0.2) is 11.4 Å². The van der Waals surface area contributed by atoms with Gasteiger partial charge in [0.05, 0.1) is 13.1 Å². The summed E-state index contributed by atoms with van der Waals surface area (Å²) in [4.78, 5) is 45.9. The number of carbonyl (C=O) groups is 1. The summed E-state index contributed by atoms with van der Waals surface area (Å²) in [6, 6.07) is 3.47. The van der Waals surface area contributed by atoms with E-state index in [9.17, 15) is 14.4 Å². The van der Waals surface area contributed by atoms with Crippen molar-refractivity contribution in [2.45, 2.75) is 25.9 Å². The van der Waals surface area contributed by atoms with E-state index in [2.05, 4.69) is 20.2 Å². The lowest BCUT2D eigenvalue weighted by molar-refractivity contribution is 0.0918. The van der Waals surface area contributed by atoms with Crippen molar-refractivity contribution in [1.29, 1.82) is 0 Å². The molecule has 0 aromatic carbocycles. The summed E-state index contributed by atoms with van der Waals surface area (Å²) in [5.74, 6) is 1.00. The van der Waals surface area contributed by atoms with E-state index in [0.717, 1.165) is 23.4 Å². The third-order valence-electron chi connectivity index (χ3n) is 5.02. The zero-order valence-corrected chi connectivity index (χ0v) is 15.8. The lowest BCUT2D eigenvalue weighted by Crippen LogP contribution is -2.36. The monoisotopic (exact) mass is 386 g/mol. The zero-order valence-electron chi connectivity index (χ0n) is 15.8. The highest BCUT2D eigenvalue weighted by Crippen LogP contribution is 2.15. The maximum atomic E-state index is 12.3. The molecule has 3 aromatic heterocycles. The molecule has 1 saturated heterocycles. The number of hydrogen-bond donors (Lipinski definition) is 2. The molecule has 0 aliphatic carbocycles. The first-order valence-electron chi connectivity index (χ1n) is 9.18. The zero-order chi connectivity index (χ0) is 19.8. The summed E-state index contributed by atoms with van der Waals surface area (Å²) >= 11 is 0. The minimum absolute atomic E-state index is 0.0764. The first-order chi connectivity index (χ1) is 13.4. The number of rotatable bonds is 5. The van der Waals surface area contributed by atoms with Crippen LogP contribution in [-0.2, 0) is 27.2 Å². The lowest BCUT2D eigenvalue weighted by Gasteiger charge is -2.11. The normalized spacial score (nSPS) is 14.8. The summed E-state index contributed by atoms with van der Waals surface area (Å²) in [5, 5.41) is 2.72. The predicted octanol–water partition coefficient (Wildman–Crippen LogP) is 0.0791. The molecule has 2 N–H and O–H groups in total. The van der Waals surface area contributed by atoms with E-state index < -0.39 is 11.2 Å². The second-order valence-corrected chi connectivity index (χ2v) is 7.02. The van der Waals surface area contributed by atoms with Crippen LogP contribution in [0.15, 0.2) is 26.1 Å². The number of amides is 1. The van der Waals surface area contributed by atoms with Crippen molar-refractivity contribution < 1.29 is 9.21 Å². The SMILES string of the molecule is Cn1c(=O)c2[nH]c(CNC(=O)c3ccc(CN4CCCC4)o3)nc2n(C)c1=O. The average Bonchev–Trinajstić information content (AvgIpc) is 3.44. The van der Waals surface area contributed by atoms with E-state index in [1.54, 1.807) is 6.07 Å². The van der Waals surface area contributed by atoms with Crippen LogP contribution in [0.25, 0.3) is 11.2 Å². The Bertz CT molecular complexity index is 1150. The van der Waals surface area contributed by atoms with Gasteiger partial charge in [0.2, 0.25) is 0 Å². The number of aromatic nitrogens is 4. The summed E-state index contributed by atoms with van der Waals surface area (Å²) in [6.45, 7) is 2.88. The van der Waals surface area contributed by atoms with Gasteiger partial charge in [0.25, 0.3) is 11.5 Å². The molecule has 0 spiro atoms. The molecule has 0 atom stereocenters. The number of fused-ring (bicyclic) bond motifs is 1. The molecule has 10 heteroatoms. The quantitative estimate of drug-likeness (QED) is 0.641. The summed E-state index contributed by atoms with van der Waals surface area (Å²) < 4.78 is 7.94. The Kier molecular flexibility index (Phi) is 4.63. The fourth-order valence-corrected chi connectivity index (χ4v) is 3.45. The largest absolute Gasteiger partial charge is 0.455 e. The van der Waals surface area contributed by atoms with Crippen molar-refractivity contribution in [3.63, 3.8) is 0 Å². The third kappa shape index (κ3) is 3.26. The first-order valence-corrected chi connectivity index (χ1v) is 9.18. The molecule has 0 saturated carbocycles. The molecule has 1 aliphatic rings.